The SMILES string of the molecule is CC(C)(N)c1cncn1Cc1ccc(F)c(Cl)c1. The minimum atomic E-state index is -0.472. The molecule has 0 fully saturated rings. The van der Waals surface area contributed by atoms with Gasteiger partial charge < -0.3 is 10.3 Å². The van der Waals surface area contributed by atoms with Crippen molar-refractivity contribution in [1.29, 1.82) is 0 Å². The molecule has 2 N–H and O–H groups in total. The van der Waals surface area contributed by atoms with Crippen LogP contribution >= 0.6 is 11.6 Å². The molecule has 2 aromatic rings. The predicted molar refractivity (Wildman–Crippen MR) is 70.0 cm³/mol. The number of benzene rings is 1. The molecule has 2 rings (SSSR count). The molecule has 0 saturated carbocycles. The molecule has 0 aliphatic heterocycles. The number of hydrogen-bond acceptors (Lipinski definition) is 2. The zero-order valence-corrected chi connectivity index (χ0v) is 11.1. The summed E-state index contributed by atoms with van der Waals surface area (Å²) in [6.07, 6.45) is 3.45. The highest BCUT2D eigenvalue weighted by Gasteiger charge is 2.19. The summed E-state index contributed by atoms with van der Waals surface area (Å²) in [7, 11) is 0. The molecule has 0 bridgehead atoms. The van der Waals surface area contributed by atoms with Gasteiger partial charge >= 0.3 is 0 Å². The molecule has 5 heteroatoms. The maximum absolute atomic E-state index is 13.1. The van der Waals surface area contributed by atoms with Crippen molar-refractivity contribution >= 4 is 11.6 Å². The topological polar surface area (TPSA) is 43.8 Å². The molecule has 0 saturated heterocycles. The number of nitrogens with two attached hydrogens (primary N) is 1. The fourth-order valence-electron chi connectivity index (χ4n) is 1.82. The summed E-state index contributed by atoms with van der Waals surface area (Å²) in [5.41, 5.74) is 7.42. The molecule has 0 aliphatic rings. The van der Waals surface area contributed by atoms with Crippen molar-refractivity contribution in [2.45, 2.75) is 25.9 Å². The summed E-state index contributed by atoms with van der Waals surface area (Å²) >= 11 is 5.76. The van der Waals surface area contributed by atoms with Gasteiger partial charge in [-0.3, -0.25) is 0 Å². The fourth-order valence-corrected chi connectivity index (χ4v) is 2.02. The quantitative estimate of drug-likeness (QED) is 0.929. The van der Waals surface area contributed by atoms with Gasteiger partial charge in [-0.15, -0.1) is 0 Å². The molecule has 96 valence electrons. The minimum Gasteiger partial charge on any atom is -0.328 e. The van der Waals surface area contributed by atoms with Gasteiger partial charge in [0.2, 0.25) is 0 Å². The monoisotopic (exact) mass is 267 g/mol. The first-order valence-electron chi connectivity index (χ1n) is 5.61. The average Bonchev–Trinajstić information content (AvgIpc) is 2.71. The molecule has 1 aromatic carbocycles. The summed E-state index contributed by atoms with van der Waals surface area (Å²) in [6.45, 7) is 4.40. The highest BCUT2D eigenvalue weighted by atomic mass is 35.5. The summed E-state index contributed by atoms with van der Waals surface area (Å²) < 4.78 is 15.0. The Morgan fingerprint density at radius 3 is 2.78 bits per heavy atom. The standard InChI is InChI=1S/C13H15ClFN3/c1-13(2,16)12-6-17-8-18(12)7-9-3-4-11(15)10(14)5-9/h3-6,8H,7,16H2,1-2H3. The van der Waals surface area contributed by atoms with E-state index in [1.165, 1.54) is 6.07 Å². The lowest BCUT2D eigenvalue weighted by Gasteiger charge is -2.20. The van der Waals surface area contributed by atoms with Gasteiger partial charge in [-0.2, -0.15) is 0 Å². The first-order chi connectivity index (χ1) is 8.38. The molecule has 0 spiro atoms. The number of hydrogen-bond donors (Lipinski definition) is 1. The van der Waals surface area contributed by atoms with Crippen LogP contribution in [0.3, 0.4) is 0 Å². The van der Waals surface area contributed by atoms with E-state index in [1.54, 1.807) is 24.7 Å². The van der Waals surface area contributed by atoms with E-state index in [-0.39, 0.29) is 5.02 Å². The zero-order chi connectivity index (χ0) is 13.3. The van der Waals surface area contributed by atoms with E-state index in [4.69, 9.17) is 17.3 Å². The second-order valence-corrected chi connectivity index (χ2v) is 5.28. The summed E-state index contributed by atoms with van der Waals surface area (Å²) in [4.78, 5) is 4.10. The van der Waals surface area contributed by atoms with Crippen LogP contribution in [0.2, 0.25) is 5.02 Å². The predicted octanol–water partition coefficient (Wildman–Crippen LogP) is 2.92. The van der Waals surface area contributed by atoms with Crippen LogP contribution in [0.15, 0.2) is 30.7 Å². The van der Waals surface area contributed by atoms with Gasteiger partial charge in [0.25, 0.3) is 0 Å². The van der Waals surface area contributed by atoms with E-state index in [2.05, 4.69) is 4.98 Å². The first-order valence-corrected chi connectivity index (χ1v) is 5.99. The summed E-state index contributed by atoms with van der Waals surface area (Å²) in [5.74, 6) is -0.412. The summed E-state index contributed by atoms with van der Waals surface area (Å²) in [6, 6.07) is 4.68. The van der Waals surface area contributed by atoms with Gasteiger partial charge in [0.15, 0.2) is 0 Å². The van der Waals surface area contributed by atoms with Gasteiger partial charge in [0, 0.05) is 12.7 Å². The Balaban J connectivity index is 2.29. The molecule has 0 amide bonds. The minimum absolute atomic E-state index is 0.126. The van der Waals surface area contributed by atoms with Crippen LogP contribution in [-0.4, -0.2) is 9.55 Å². The zero-order valence-electron chi connectivity index (χ0n) is 10.3. The van der Waals surface area contributed by atoms with Crippen molar-refractivity contribution in [3.05, 3.63) is 52.8 Å². The second-order valence-electron chi connectivity index (χ2n) is 4.88. The number of nitrogens with zero attached hydrogens (tertiary/aromatic N) is 2. The third-order valence-corrected chi connectivity index (χ3v) is 3.00. The van der Waals surface area contributed by atoms with Crippen LogP contribution in [0.25, 0.3) is 0 Å². The molecule has 0 unspecified atom stereocenters. The van der Waals surface area contributed by atoms with E-state index in [9.17, 15) is 4.39 Å². The van der Waals surface area contributed by atoms with E-state index in [1.807, 2.05) is 18.4 Å². The van der Waals surface area contributed by atoms with Gasteiger partial charge in [0.05, 0.1) is 22.6 Å². The van der Waals surface area contributed by atoms with Gasteiger partial charge in [0.1, 0.15) is 5.82 Å². The van der Waals surface area contributed by atoms with Gasteiger partial charge in [-0.1, -0.05) is 17.7 Å². The maximum Gasteiger partial charge on any atom is 0.141 e. The third kappa shape index (κ3) is 2.71. The van der Waals surface area contributed by atoms with Gasteiger partial charge in [-0.25, -0.2) is 9.37 Å². The molecule has 0 aliphatic carbocycles. The molecule has 1 heterocycles. The smallest absolute Gasteiger partial charge is 0.141 e. The number of halogens is 2. The van der Waals surface area contributed by atoms with Crippen molar-refractivity contribution < 1.29 is 4.39 Å². The Morgan fingerprint density at radius 1 is 1.44 bits per heavy atom. The van der Waals surface area contributed by atoms with Gasteiger partial charge in [-0.05, 0) is 31.5 Å². The average molecular weight is 268 g/mol. The van der Waals surface area contributed by atoms with E-state index >= 15 is 0 Å². The van der Waals surface area contributed by atoms with Crippen molar-refractivity contribution in [3.8, 4) is 0 Å². The lowest BCUT2D eigenvalue weighted by molar-refractivity contribution is 0.503. The number of aromatic nitrogens is 2. The summed E-state index contributed by atoms with van der Waals surface area (Å²) in [5, 5.41) is 0.126. The fraction of sp³-hybridized carbons (Fsp3) is 0.308. The highest BCUT2D eigenvalue weighted by Crippen LogP contribution is 2.20. The first kappa shape index (κ1) is 13.1. The largest absolute Gasteiger partial charge is 0.328 e. The lowest BCUT2D eigenvalue weighted by Crippen LogP contribution is -2.31. The van der Waals surface area contributed by atoms with Crippen LogP contribution < -0.4 is 5.73 Å². The normalized spacial score (nSPS) is 11.8. The van der Waals surface area contributed by atoms with Crippen molar-refractivity contribution in [3.63, 3.8) is 0 Å². The second kappa shape index (κ2) is 4.71. The van der Waals surface area contributed by atoms with Crippen LogP contribution in [0.5, 0.6) is 0 Å². The van der Waals surface area contributed by atoms with Crippen LogP contribution in [0.1, 0.15) is 25.1 Å². The van der Waals surface area contributed by atoms with E-state index < -0.39 is 11.4 Å². The van der Waals surface area contributed by atoms with Crippen LogP contribution in [-0.2, 0) is 12.1 Å². The Labute approximate surface area is 110 Å². The van der Waals surface area contributed by atoms with Crippen molar-refractivity contribution in [2.24, 2.45) is 5.73 Å². The van der Waals surface area contributed by atoms with Crippen molar-refractivity contribution in [2.75, 3.05) is 0 Å². The number of rotatable bonds is 3. The Morgan fingerprint density at radius 2 is 2.17 bits per heavy atom. The molecule has 18 heavy (non-hydrogen) atoms. The maximum atomic E-state index is 13.1. The van der Waals surface area contributed by atoms with E-state index in [0.29, 0.717) is 6.54 Å². The highest BCUT2D eigenvalue weighted by molar-refractivity contribution is 6.30. The Kier molecular flexibility index (Phi) is 3.41. The Bertz CT molecular complexity index is 558. The molecule has 0 atom stereocenters. The third-order valence-electron chi connectivity index (χ3n) is 2.71. The molecular weight excluding hydrogens is 253 g/mol. The van der Waals surface area contributed by atoms with Crippen LogP contribution in [0.4, 0.5) is 4.39 Å². The lowest BCUT2D eigenvalue weighted by atomic mass is 10.0. The van der Waals surface area contributed by atoms with Crippen LogP contribution in [0, 0.1) is 5.82 Å². The van der Waals surface area contributed by atoms with Crippen molar-refractivity contribution in [1.82, 2.24) is 9.55 Å². The molecular formula is C13H15ClFN3. The van der Waals surface area contributed by atoms with E-state index in [0.717, 1.165) is 11.3 Å². The molecule has 1 aromatic heterocycles. The number of imidazole rings is 1. The Hall–Kier alpha value is -1.39. The molecule has 0 radical (unpaired) electrons. The molecule has 3 nitrogen and oxygen atoms in total.